The number of hydrogen-bond acceptors (Lipinski definition) is 4. The number of anilines is 1. The highest BCUT2D eigenvalue weighted by Gasteiger charge is 2.13. The van der Waals surface area contributed by atoms with Crippen molar-refractivity contribution in [1.29, 1.82) is 0 Å². The quantitative estimate of drug-likeness (QED) is 0.829. The number of nitrogens with one attached hydrogen (secondary N) is 2. The fourth-order valence-corrected chi connectivity index (χ4v) is 2.30. The minimum absolute atomic E-state index is 0.692. The summed E-state index contributed by atoms with van der Waals surface area (Å²) in [5.74, 6) is 0.948. The van der Waals surface area contributed by atoms with E-state index in [0.29, 0.717) is 6.04 Å². The summed E-state index contributed by atoms with van der Waals surface area (Å²) in [5, 5.41) is 6.82. The normalized spacial score (nSPS) is 20.5. The molecule has 15 heavy (non-hydrogen) atoms. The van der Waals surface area contributed by atoms with Crippen LogP contribution in [0.4, 0.5) is 5.82 Å². The van der Waals surface area contributed by atoms with Crippen molar-refractivity contribution in [3.8, 4) is 0 Å². The smallest absolute Gasteiger partial charge is 0.142 e. The van der Waals surface area contributed by atoms with Crippen molar-refractivity contribution < 1.29 is 0 Å². The van der Waals surface area contributed by atoms with Crippen molar-refractivity contribution in [3.05, 3.63) is 16.1 Å². The Morgan fingerprint density at radius 2 is 2.53 bits per heavy atom. The highest BCUT2D eigenvalue weighted by molar-refractivity contribution is 14.1. The van der Waals surface area contributed by atoms with E-state index in [1.54, 1.807) is 6.33 Å². The van der Waals surface area contributed by atoms with Gasteiger partial charge in [0.2, 0.25) is 0 Å². The zero-order valence-corrected chi connectivity index (χ0v) is 10.7. The van der Waals surface area contributed by atoms with Crippen LogP contribution in [-0.2, 0) is 0 Å². The minimum atomic E-state index is 0.692. The van der Waals surface area contributed by atoms with Crippen molar-refractivity contribution >= 4 is 28.4 Å². The second-order valence-corrected chi connectivity index (χ2v) is 4.89. The highest BCUT2D eigenvalue weighted by atomic mass is 127. The average molecular weight is 318 g/mol. The number of rotatable bonds is 4. The van der Waals surface area contributed by atoms with Crippen molar-refractivity contribution in [2.45, 2.75) is 25.3 Å². The van der Waals surface area contributed by atoms with Crippen LogP contribution in [0.25, 0.3) is 0 Å². The summed E-state index contributed by atoms with van der Waals surface area (Å²) < 4.78 is 1.08. The first-order valence-corrected chi connectivity index (χ1v) is 6.37. The first-order valence-electron chi connectivity index (χ1n) is 5.29. The molecule has 1 saturated heterocycles. The van der Waals surface area contributed by atoms with E-state index in [-0.39, 0.29) is 0 Å². The second-order valence-electron chi connectivity index (χ2n) is 3.73. The van der Waals surface area contributed by atoms with Crippen LogP contribution in [0, 0.1) is 3.57 Å². The third kappa shape index (κ3) is 3.27. The summed E-state index contributed by atoms with van der Waals surface area (Å²) in [6, 6.07) is 0.692. The van der Waals surface area contributed by atoms with Gasteiger partial charge in [0, 0.05) is 18.8 Å². The van der Waals surface area contributed by atoms with Crippen LogP contribution in [0.1, 0.15) is 19.3 Å². The van der Waals surface area contributed by atoms with Crippen LogP contribution >= 0.6 is 22.6 Å². The average Bonchev–Trinajstić information content (AvgIpc) is 2.74. The lowest BCUT2D eigenvalue weighted by atomic mass is 10.1. The van der Waals surface area contributed by atoms with E-state index in [2.05, 4.69) is 43.2 Å². The molecule has 0 aromatic carbocycles. The van der Waals surface area contributed by atoms with E-state index >= 15 is 0 Å². The Labute approximate surface area is 103 Å². The van der Waals surface area contributed by atoms with Crippen molar-refractivity contribution in [2.24, 2.45) is 0 Å². The molecule has 2 N–H and O–H groups in total. The Kier molecular flexibility index (Phi) is 4.13. The molecule has 1 fully saturated rings. The van der Waals surface area contributed by atoms with Gasteiger partial charge in [-0.1, -0.05) is 0 Å². The monoisotopic (exact) mass is 318 g/mol. The maximum Gasteiger partial charge on any atom is 0.142 e. The lowest BCUT2D eigenvalue weighted by Gasteiger charge is -2.11. The van der Waals surface area contributed by atoms with Gasteiger partial charge in [0.05, 0.1) is 3.57 Å². The Hall–Kier alpha value is -0.430. The van der Waals surface area contributed by atoms with Gasteiger partial charge in [-0.25, -0.2) is 9.97 Å². The van der Waals surface area contributed by atoms with Crippen LogP contribution in [0.15, 0.2) is 12.5 Å². The van der Waals surface area contributed by atoms with Gasteiger partial charge in [-0.2, -0.15) is 0 Å². The molecule has 0 bridgehead atoms. The van der Waals surface area contributed by atoms with Crippen LogP contribution in [0.3, 0.4) is 0 Å². The third-order valence-electron chi connectivity index (χ3n) is 2.62. The molecule has 2 heterocycles. The van der Waals surface area contributed by atoms with Gasteiger partial charge in [0.15, 0.2) is 0 Å². The lowest BCUT2D eigenvalue weighted by Crippen LogP contribution is -2.24. The van der Waals surface area contributed by atoms with Gasteiger partial charge >= 0.3 is 0 Å². The Morgan fingerprint density at radius 1 is 1.60 bits per heavy atom. The number of halogens is 1. The van der Waals surface area contributed by atoms with Crippen molar-refractivity contribution in [3.63, 3.8) is 0 Å². The predicted octanol–water partition coefficient (Wildman–Crippen LogP) is 1.64. The molecule has 0 radical (unpaired) electrons. The van der Waals surface area contributed by atoms with Gasteiger partial charge < -0.3 is 10.6 Å². The maximum atomic E-state index is 4.19. The zero-order chi connectivity index (χ0) is 10.5. The summed E-state index contributed by atoms with van der Waals surface area (Å²) in [4.78, 5) is 8.15. The van der Waals surface area contributed by atoms with Gasteiger partial charge in [-0.3, -0.25) is 0 Å². The minimum Gasteiger partial charge on any atom is -0.369 e. The Bertz CT molecular complexity index is 312. The lowest BCUT2D eigenvalue weighted by molar-refractivity contribution is 0.574. The first kappa shape index (κ1) is 11.1. The molecule has 1 aliphatic rings. The number of nitrogens with zero attached hydrogens (tertiary/aromatic N) is 2. The van der Waals surface area contributed by atoms with E-state index in [1.165, 1.54) is 25.8 Å². The van der Waals surface area contributed by atoms with Gasteiger partial charge in [0.25, 0.3) is 0 Å². The third-order valence-corrected chi connectivity index (χ3v) is 3.40. The first-order chi connectivity index (χ1) is 7.36. The predicted molar refractivity (Wildman–Crippen MR) is 68.9 cm³/mol. The number of aromatic nitrogens is 2. The van der Waals surface area contributed by atoms with Crippen LogP contribution in [0.2, 0.25) is 0 Å². The summed E-state index contributed by atoms with van der Waals surface area (Å²) in [6.07, 6.45) is 7.19. The molecule has 5 heteroatoms. The molecular weight excluding hydrogens is 303 g/mol. The summed E-state index contributed by atoms with van der Waals surface area (Å²) in [5.41, 5.74) is 0. The summed E-state index contributed by atoms with van der Waals surface area (Å²) >= 11 is 2.25. The zero-order valence-electron chi connectivity index (χ0n) is 8.54. The van der Waals surface area contributed by atoms with Crippen LogP contribution < -0.4 is 10.6 Å². The van der Waals surface area contributed by atoms with Gasteiger partial charge in [-0.05, 0) is 48.4 Å². The van der Waals surface area contributed by atoms with E-state index < -0.39 is 0 Å². The Morgan fingerprint density at radius 3 is 3.27 bits per heavy atom. The van der Waals surface area contributed by atoms with Crippen molar-refractivity contribution in [1.82, 2.24) is 15.3 Å². The SMILES string of the molecule is Ic1cncnc1NCCC1CCCN1. The van der Waals surface area contributed by atoms with E-state index in [1.807, 2.05) is 6.20 Å². The molecule has 1 aromatic rings. The van der Waals surface area contributed by atoms with Gasteiger partial charge in [0.1, 0.15) is 12.1 Å². The molecule has 4 nitrogen and oxygen atoms in total. The van der Waals surface area contributed by atoms with Crippen molar-refractivity contribution in [2.75, 3.05) is 18.4 Å². The molecule has 82 valence electrons. The second kappa shape index (κ2) is 5.60. The summed E-state index contributed by atoms with van der Waals surface area (Å²) in [7, 11) is 0. The fraction of sp³-hybridized carbons (Fsp3) is 0.600. The topological polar surface area (TPSA) is 49.8 Å². The molecule has 1 atom stereocenters. The summed E-state index contributed by atoms with van der Waals surface area (Å²) in [6.45, 7) is 2.15. The molecule has 0 aliphatic carbocycles. The van der Waals surface area contributed by atoms with Crippen LogP contribution in [-0.4, -0.2) is 29.1 Å². The molecule has 1 unspecified atom stereocenters. The Balaban J connectivity index is 1.75. The fourth-order valence-electron chi connectivity index (χ4n) is 1.81. The van der Waals surface area contributed by atoms with E-state index in [9.17, 15) is 0 Å². The largest absolute Gasteiger partial charge is 0.369 e. The molecule has 0 saturated carbocycles. The number of hydrogen-bond donors (Lipinski definition) is 2. The standard InChI is InChI=1S/C10H15IN4/c11-9-6-12-7-15-10(9)14-5-3-8-2-1-4-13-8/h6-8,13H,1-5H2,(H,12,14,15). The highest BCUT2D eigenvalue weighted by Crippen LogP contribution is 2.13. The van der Waals surface area contributed by atoms with E-state index in [0.717, 1.165) is 15.9 Å². The molecule has 0 amide bonds. The molecule has 1 aliphatic heterocycles. The maximum absolute atomic E-state index is 4.19. The molecular formula is C10H15IN4. The van der Waals surface area contributed by atoms with Gasteiger partial charge in [-0.15, -0.1) is 0 Å². The molecule has 2 rings (SSSR count). The van der Waals surface area contributed by atoms with E-state index in [4.69, 9.17) is 0 Å². The van der Waals surface area contributed by atoms with Crippen LogP contribution in [0.5, 0.6) is 0 Å². The molecule has 0 spiro atoms. The molecule has 1 aromatic heterocycles.